The van der Waals surface area contributed by atoms with Gasteiger partial charge in [-0.3, -0.25) is 29.0 Å². The van der Waals surface area contributed by atoms with Crippen molar-refractivity contribution in [2.24, 2.45) is 0 Å². The first-order chi connectivity index (χ1) is 21.9. The lowest BCUT2D eigenvalue weighted by Gasteiger charge is -2.14. The second kappa shape index (κ2) is 16.8. The first kappa shape index (κ1) is 36.0. The lowest BCUT2D eigenvalue weighted by molar-refractivity contribution is -0.124. The molecule has 2 heterocycles. The van der Waals surface area contributed by atoms with E-state index >= 15 is 0 Å². The molecule has 0 radical (unpaired) electrons. The topological polar surface area (TPSA) is 139 Å². The van der Waals surface area contributed by atoms with E-state index in [2.05, 4.69) is 10.6 Å². The van der Waals surface area contributed by atoms with Crippen LogP contribution >= 0.6 is 71.2 Å². The zero-order valence-electron chi connectivity index (χ0n) is 24.3. The molecule has 4 rings (SSSR count). The SMILES string of the molecule is O=C(CCCCCN1C(=O)C(=C2SC(=S)N(CCCCCC(=O)Nc3cc(Cl)ccc3O)C2=O)SC1=S)Nc1cc(Cl)ccc1O. The van der Waals surface area contributed by atoms with E-state index in [1.54, 1.807) is 0 Å². The third-order valence-corrected chi connectivity index (χ3v) is 10.4. The maximum absolute atomic E-state index is 13.2. The van der Waals surface area contributed by atoms with Gasteiger partial charge >= 0.3 is 0 Å². The normalized spacial score (nSPS) is 16.5. The van der Waals surface area contributed by atoms with Crippen LogP contribution in [0.4, 0.5) is 11.4 Å². The molecule has 2 saturated heterocycles. The Kier molecular flexibility index (Phi) is 13.1. The maximum atomic E-state index is 13.2. The molecule has 0 spiro atoms. The number of amides is 4. The molecule has 2 aliphatic heterocycles. The summed E-state index contributed by atoms with van der Waals surface area (Å²) in [5, 5.41) is 25.8. The van der Waals surface area contributed by atoms with E-state index < -0.39 is 0 Å². The van der Waals surface area contributed by atoms with Crippen LogP contribution in [0.1, 0.15) is 51.4 Å². The Morgan fingerprint density at radius 2 is 1.07 bits per heavy atom. The monoisotopic (exact) mass is 740 g/mol. The molecule has 2 fully saturated rings. The Morgan fingerprint density at radius 3 is 1.46 bits per heavy atom. The maximum Gasteiger partial charge on any atom is 0.267 e. The number of thioether (sulfide) groups is 2. The van der Waals surface area contributed by atoms with Gasteiger partial charge in [0.25, 0.3) is 11.8 Å². The molecule has 2 aromatic carbocycles. The smallest absolute Gasteiger partial charge is 0.267 e. The zero-order valence-corrected chi connectivity index (χ0v) is 29.1. The summed E-state index contributed by atoms with van der Waals surface area (Å²) >= 11 is 24.9. The van der Waals surface area contributed by atoms with Crippen molar-refractivity contribution in [3.8, 4) is 11.5 Å². The van der Waals surface area contributed by atoms with E-state index in [0.29, 0.717) is 70.3 Å². The fourth-order valence-electron chi connectivity index (χ4n) is 4.56. The molecule has 0 bridgehead atoms. The Morgan fingerprint density at radius 1 is 0.674 bits per heavy atom. The standard InChI is InChI=1S/C30H30Cl2N4O6S4/c31-17-9-11-21(37)19(15-17)33-23(39)7-3-1-5-13-35-27(41)25(45-29(35)43)26-28(42)36(30(44)46-26)14-6-2-4-8-24(40)34-20-16-18(32)10-12-22(20)38/h9-12,15-16,37-38H,1-8,13-14H2,(H,33,39)(H,34,40). The molecular formula is C30H30Cl2N4O6S4. The molecular weight excluding hydrogens is 712 g/mol. The van der Waals surface area contributed by atoms with Crippen LogP contribution in [0.15, 0.2) is 46.2 Å². The number of phenolic OH excluding ortho intramolecular Hbond substituents is 2. The largest absolute Gasteiger partial charge is 0.506 e. The number of benzene rings is 2. The molecule has 0 saturated carbocycles. The first-order valence-electron chi connectivity index (χ1n) is 14.3. The minimum atomic E-state index is -0.332. The van der Waals surface area contributed by atoms with Crippen LogP contribution in [0.5, 0.6) is 11.5 Å². The number of unbranched alkanes of at least 4 members (excludes halogenated alkanes) is 4. The predicted molar refractivity (Wildman–Crippen MR) is 191 cm³/mol. The Labute approximate surface area is 295 Å². The third-order valence-electron chi connectivity index (χ3n) is 6.94. The average molecular weight is 742 g/mol. The molecule has 244 valence electrons. The van der Waals surface area contributed by atoms with E-state index in [4.69, 9.17) is 47.6 Å². The van der Waals surface area contributed by atoms with Crippen LogP contribution in [0.2, 0.25) is 10.0 Å². The number of hydrogen-bond donors (Lipinski definition) is 4. The highest BCUT2D eigenvalue weighted by Gasteiger charge is 2.41. The molecule has 0 aromatic heterocycles. The van der Waals surface area contributed by atoms with Crippen molar-refractivity contribution >= 4 is 115 Å². The van der Waals surface area contributed by atoms with Crippen LogP contribution in [0.3, 0.4) is 0 Å². The second-order valence-corrected chi connectivity index (χ2v) is 14.5. The third kappa shape index (κ3) is 9.58. The highest BCUT2D eigenvalue weighted by atomic mass is 35.5. The zero-order chi connectivity index (χ0) is 33.4. The minimum absolute atomic E-state index is 0.0700. The van der Waals surface area contributed by atoms with E-state index in [-0.39, 0.29) is 69.2 Å². The number of thiocarbonyl (C=S) groups is 2. The molecule has 2 aromatic rings. The Bertz CT molecular complexity index is 1490. The van der Waals surface area contributed by atoms with Gasteiger partial charge in [0.1, 0.15) is 20.1 Å². The lowest BCUT2D eigenvalue weighted by Crippen LogP contribution is -2.31. The van der Waals surface area contributed by atoms with Gasteiger partial charge in [-0.1, -0.05) is 84.0 Å². The molecule has 4 amide bonds. The van der Waals surface area contributed by atoms with Crippen molar-refractivity contribution < 1.29 is 29.4 Å². The molecule has 4 N–H and O–H groups in total. The summed E-state index contributed by atoms with van der Waals surface area (Å²) in [6.45, 7) is 0.714. The average Bonchev–Trinajstić information content (AvgIpc) is 3.44. The van der Waals surface area contributed by atoms with Crippen molar-refractivity contribution in [2.75, 3.05) is 23.7 Å². The summed E-state index contributed by atoms with van der Waals surface area (Å²) in [4.78, 5) is 54.4. The van der Waals surface area contributed by atoms with Gasteiger partial charge in [0, 0.05) is 36.0 Å². The van der Waals surface area contributed by atoms with E-state index in [1.165, 1.54) is 46.2 Å². The predicted octanol–water partition coefficient (Wildman–Crippen LogP) is 7.03. The number of carbonyl (C=O) groups is 4. The number of nitrogens with zero attached hydrogens (tertiary/aromatic N) is 2. The Hall–Kier alpha value is -2.88. The molecule has 0 atom stereocenters. The van der Waals surface area contributed by atoms with E-state index in [1.807, 2.05) is 0 Å². The number of nitrogens with one attached hydrogen (secondary N) is 2. The first-order valence-corrected chi connectivity index (χ1v) is 17.5. The van der Waals surface area contributed by atoms with Gasteiger partial charge in [0.15, 0.2) is 0 Å². The fourth-order valence-corrected chi connectivity index (χ4v) is 7.68. The van der Waals surface area contributed by atoms with Crippen molar-refractivity contribution in [3.05, 3.63) is 56.3 Å². The van der Waals surface area contributed by atoms with E-state index in [0.717, 1.165) is 23.5 Å². The van der Waals surface area contributed by atoms with Gasteiger partial charge in [-0.15, -0.1) is 0 Å². The lowest BCUT2D eigenvalue weighted by atomic mass is 10.1. The number of hydrogen-bond acceptors (Lipinski definition) is 10. The van der Waals surface area contributed by atoms with Gasteiger partial charge in [0.05, 0.1) is 21.2 Å². The summed E-state index contributed by atoms with van der Waals surface area (Å²) in [5.74, 6) is -1.32. The number of anilines is 2. The van der Waals surface area contributed by atoms with E-state index in [9.17, 15) is 29.4 Å². The van der Waals surface area contributed by atoms with Gasteiger partial charge in [-0.2, -0.15) is 0 Å². The number of halogens is 2. The molecule has 10 nitrogen and oxygen atoms in total. The number of carbonyl (C=O) groups excluding carboxylic acids is 4. The molecule has 0 unspecified atom stereocenters. The second-order valence-electron chi connectivity index (χ2n) is 10.3. The number of phenols is 2. The van der Waals surface area contributed by atoms with Crippen LogP contribution in [0, 0.1) is 0 Å². The number of rotatable bonds is 14. The summed E-state index contributed by atoms with van der Waals surface area (Å²) in [6, 6.07) is 8.80. The Balaban J connectivity index is 1.18. The van der Waals surface area contributed by atoms with Gasteiger partial charge in [0.2, 0.25) is 11.8 Å². The van der Waals surface area contributed by atoms with Crippen molar-refractivity contribution in [2.45, 2.75) is 51.4 Å². The highest BCUT2D eigenvalue weighted by Crippen LogP contribution is 2.42. The summed E-state index contributed by atoms with van der Waals surface area (Å²) < 4.78 is 0.729. The van der Waals surface area contributed by atoms with Crippen molar-refractivity contribution in [1.82, 2.24) is 9.80 Å². The highest BCUT2D eigenvalue weighted by molar-refractivity contribution is 8.29. The molecule has 2 aliphatic rings. The number of aromatic hydroxyl groups is 2. The van der Waals surface area contributed by atoms with Crippen molar-refractivity contribution in [1.29, 1.82) is 0 Å². The van der Waals surface area contributed by atoms with Crippen molar-refractivity contribution in [3.63, 3.8) is 0 Å². The summed E-state index contributed by atoms with van der Waals surface area (Å²) in [5.41, 5.74) is 0.496. The molecule has 46 heavy (non-hydrogen) atoms. The summed E-state index contributed by atoms with van der Waals surface area (Å²) in [7, 11) is 0. The van der Waals surface area contributed by atoms with Crippen LogP contribution in [0.25, 0.3) is 0 Å². The van der Waals surface area contributed by atoms with Gasteiger partial charge < -0.3 is 20.8 Å². The fraction of sp³-hybridized carbons (Fsp3) is 0.333. The quantitative estimate of drug-likeness (QED) is 0.0691. The van der Waals surface area contributed by atoms with Crippen LogP contribution in [-0.2, 0) is 19.2 Å². The minimum Gasteiger partial charge on any atom is -0.506 e. The summed E-state index contributed by atoms with van der Waals surface area (Å²) in [6.07, 6.45) is 4.13. The van der Waals surface area contributed by atoms with Crippen LogP contribution < -0.4 is 10.6 Å². The van der Waals surface area contributed by atoms with Gasteiger partial charge in [-0.25, -0.2) is 0 Å². The molecule has 0 aliphatic carbocycles. The van der Waals surface area contributed by atoms with Gasteiger partial charge in [-0.05, 0) is 62.1 Å². The molecule has 16 heteroatoms. The van der Waals surface area contributed by atoms with Crippen LogP contribution in [-0.4, -0.2) is 65.4 Å².